The fourth-order valence-electron chi connectivity index (χ4n) is 2.35. The van der Waals surface area contributed by atoms with Crippen LogP contribution in [0.2, 0.25) is 0 Å². The molecule has 2 aromatic rings. The van der Waals surface area contributed by atoms with Crippen molar-refractivity contribution in [3.63, 3.8) is 0 Å². The van der Waals surface area contributed by atoms with Gasteiger partial charge in [0.05, 0.1) is 22.4 Å². The molecule has 5 nitrogen and oxygen atoms in total. The van der Waals surface area contributed by atoms with Gasteiger partial charge in [-0.3, -0.25) is 4.98 Å². The number of nitrogens with two attached hydrogens (primary N) is 1. The quantitative estimate of drug-likeness (QED) is 0.832. The minimum absolute atomic E-state index is 0.327. The number of aromatic amines is 1. The van der Waals surface area contributed by atoms with Gasteiger partial charge in [-0.05, 0) is 33.8 Å². The number of hydrogen-bond acceptors (Lipinski definition) is 4. The molecule has 1 fully saturated rings. The summed E-state index contributed by atoms with van der Waals surface area (Å²) in [5.41, 5.74) is 8.57. The molecule has 1 aliphatic rings. The summed E-state index contributed by atoms with van der Waals surface area (Å²) in [5, 5.41) is 0. The number of pyridine rings is 1. The van der Waals surface area contributed by atoms with E-state index >= 15 is 0 Å². The number of hydrogen-bond donors (Lipinski definition) is 2. The number of rotatable bonds is 2. The molecule has 6 heteroatoms. The Morgan fingerprint density at radius 2 is 1.90 bits per heavy atom. The molecule has 21 heavy (non-hydrogen) atoms. The van der Waals surface area contributed by atoms with Crippen LogP contribution in [0.5, 0.6) is 0 Å². The van der Waals surface area contributed by atoms with Crippen molar-refractivity contribution in [3.8, 4) is 0 Å². The molecule has 0 radical (unpaired) electrons. The van der Waals surface area contributed by atoms with Crippen molar-refractivity contribution in [1.29, 1.82) is 0 Å². The second kappa shape index (κ2) is 4.61. The molecule has 0 saturated carbocycles. The fraction of sp³-hybridized carbons (Fsp3) is 0.400. The Morgan fingerprint density at radius 1 is 1.24 bits per heavy atom. The van der Waals surface area contributed by atoms with E-state index in [1.54, 1.807) is 12.4 Å². The molecule has 0 aliphatic carbocycles. The van der Waals surface area contributed by atoms with E-state index in [1.807, 2.05) is 45.8 Å². The monoisotopic (exact) mass is 285 g/mol. The summed E-state index contributed by atoms with van der Waals surface area (Å²) < 4.78 is 11.9. The summed E-state index contributed by atoms with van der Waals surface area (Å²) in [7, 11) is -0.356. The number of nitrogens with zero attached hydrogens (tertiary/aromatic N) is 1. The molecule has 0 atom stereocenters. The number of nitrogen functional groups attached to an aromatic ring is 1. The summed E-state index contributed by atoms with van der Waals surface area (Å²) >= 11 is 0. The Balaban J connectivity index is 1.87. The second-order valence-corrected chi connectivity index (χ2v) is 6.35. The maximum atomic E-state index is 5.94. The molecule has 0 spiro atoms. The summed E-state index contributed by atoms with van der Waals surface area (Å²) in [6.07, 6.45) is 5.47. The molecule has 2 aromatic heterocycles. The molecule has 1 saturated heterocycles. The molecular weight excluding hydrogens is 265 g/mol. The van der Waals surface area contributed by atoms with Crippen molar-refractivity contribution in [2.45, 2.75) is 38.9 Å². The van der Waals surface area contributed by atoms with Gasteiger partial charge >= 0.3 is 7.12 Å². The van der Waals surface area contributed by atoms with Gasteiger partial charge in [0.15, 0.2) is 0 Å². The first kappa shape index (κ1) is 14.2. The fourth-order valence-corrected chi connectivity index (χ4v) is 2.35. The number of nitrogens with one attached hydrogen (secondary N) is 1. The van der Waals surface area contributed by atoms with E-state index in [4.69, 9.17) is 15.0 Å². The lowest BCUT2D eigenvalue weighted by atomic mass is 9.89. The highest BCUT2D eigenvalue weighted by molar-refractivity contribution is 6.52. The maximum Gasteiger partial charge on any atom is 0.487 e. The van der Waals surface area contributed by atoms with Crippen LogP contribution in [0.25, 0.3) is 17.1 Å². The Morgan fingerprint density at radius 3 is 2.57 bits per heavy atom. The van der Waals surface area contributed by atoms with E-state index in [2.05, 4.69) is 9.97 Å². The highest BCUT2D eigenvalue weighted by atomic mass is 16.7. The van der Waals surface area contributed by atoms with Crippen LogP contribution >= 0.6 is 0 Å². The zero-order chi connectivity index (χ0) is 15.3. The zero-order valence-electron chi connectivity index (χ0n) is 12.8. The topological polar surface area (TPSA) is 73.2 Å². The van der Waals surface area contributed by atoms with E-state index in [9.17, 15) is 0 Å². The Kier molecular flexibility index (Phi) is 3.11. The van der Waals surface area contributed by atoms with Crippen LogP contribution in [0.4, 0.5) is 5.69 Å². The first-order valence-electron chi connectivity index (χ1n) is 7.05. The van der Waals surface area contributed by atoms with Gasteiger partial charge in [-0.1, -0.05) is 12.1 Å². The minimum Gasteiger partial charge on any atom is -0.400 e. The molecular formula is C15H20BN3O2. The van der Waals surface area contributed by atoms with Gasteiger partial charge in [-0.15, -0.1) is 0 Å². The van der Waals surface area contributed by atoms with Gasteiger partial charge in [0.2, 0.25) is 0 Å². The molecule has 3 rings (SSSR count). The third-order valence-corrected chi connectivity index (χ3v) is 4.33. The van der Waals surface area contributed by atoms with Gasteiger partial charge in [0, 0.05) is 18.0 Å². The van der Waals surface area contributed by atoms with E-state index in [1.165, 1.54) is 0 Å². The third-order valence-electron chi connectivity index (χ3n) is 4.33. The lowest BCUT2D eigenvalue weighted by Crippen LogP contribution is -2.41. The molecule has 1 aliphatic heterocycles. The Bertz CT molecular complexity index is 690. The number of aromatic nitrogens is 2. The van der Waals surface area contributed by atoms with Gasteiger partial charge in [0.1, 0.15) is 5.52 Å². The van der Waals surface area contributed by atoms with Gasteiger partial charge in [-0.25, -0.2) is 0 Å². The summed E-state index contributed by atoms with van der Waals surface area (Å²) in [6.45, 7) is 8.16. The van der Waals surface area contributed by atoms with Crippen LogP contribution in [0.1, 0.15) is 33.3 Å². The smallest absolute Gasteiger partial charge is 0.400 e. The zero-order valence-corrected chi connectivity index (χ0v) is 12.8. The van der Waals surface area contributed by atoms with E-state index in [0.29, 0.717) is 5.69 Å². The van der Waals surface area contributed by atoms with Crippen molar-refractivity contribution in [2.75, 3.05) is 5.73 Å². The van der Waals surface area contributed by atoms with Crippen LogP contribution < -0.4 is 5.73 Å². The van der Waals surface area contributed by atoms with Crippen LogP contribution in [0.15, 0.2) is 24.4 Å². The molecule has 0 bridgehead atoms. The molecule has 3 N–H and O–H groups in total. The third kappa shape index (κ3) is 2.34. The maximum absolute atomic E-state index is 5.94. The number of anilines is 1. The van der Waals surface area contributed by atoms with Crippen molar-refractivity contribution in [3.05, 3.63) is 30.0 Å². The average molecular weight is 285 g/mol. The van der Waals surface area contributed by atoms with E-state index in [-0.39, 0.29) is 18.3 Å². The van der Waals surface area contributed by atoms with Crippen LogP contribution in [-0.4, -0.2) is 28.3 Å². The normalized spacial score (nSPS) is 20.7. The highest BCUT2D eigenvalue weighted by Gasteiger charge is 2.49. The van der Waals surface area contributed by atoms with E-state index in [0.717, 1.165) is 16.6 Å². The lowest BCUT2D eigenvalue weighted by molar-refractivity contribution is 0.00578. The summed E-state index contributed by atoms with van der Waals surface area (Å²) in [4.78, 5) is 7.42. The standard InChI is InChI=1S/C15H20BN3O2/c1-14(2)15(3,4)21-16(20-14)7-5-10-6-8-18-13-11(17)9-19-12(10)13/h5-9,19H,17H2,1-4H3/b7-5+. The Hall–Kier alpha value is -1.79. The first-order valence-corrected chi connectivity index (χ1v) is 7.05. The predicted octanol–water partition coefficient (Wildman–Crippen LogP) is 2.79. The minimum atomic E-state index is -0.356. The molecule has 110 valence electrons. The Labute approximate surface area is 124 Å². The molecule has 0 amide bonds. The van der Waals surface area contributed by atoms with E-state index < -0.39 is 0 Å². The van der Waals surface area contributed by atoms with Crippen LogP contribution in [-0.2, 0) is 9.31 Å². The van der Waals surface area contributed by atoms with Gasteiger partial charge < -0.3 is 20.0 Å². The largest absolute Gasteiger partial charge is 0.487 e. The summed E-state index contributed by atoms with van der Waals surface area (Å²) in [5.74, 6) is 1.92. The van der Waals surface area contributed by atoms with Crippen LogP contribution in [0.3, 0.4) is 0 Å². The van der Waals surface area contributed by atoms with Gasteiger partial charge in [-0.2, -0.15) is 0 Å². The van der Waals surface area contributed by atoms with Crippen molar-refractivity contribution >= 4 is 29.9 Å². The predicted molar refractivity (Wildman–Crippen MR) is 85.6 cm³/mol. The highest BCUT2D eigenvalue weighted by Crippen LogP contribution is 2.37. The second-order valence-electron chi connectivity index (χ2n) is 6.35. The van der Waals surface area contributed by atoms with Crippen molar-refractivity contribution in [1.82, 2.24) is 9.97 Å². The van der Waals surface area contributed by atoms with Crippen LogP contribution in [0, 0.1) is 0 Å². The van der Waals surface area contributed by atoms with Crippen molar-refractivity contribution in [2.24, 2.45) is 0 Å². The molecule has 0 aromatic carbocycles. The SMILES string of the molecule is CC1(C)OB(/C=C/c2ccnc3c(N)c[nH]c23)OC1(C)C. The number of fused-ring (bicyclic) bond motifs is 1. The average Bonchev–Trinajstić information content (AvgIpc) is 2.86. The first-order chi connectivity index (χ1) is 9.80. The summed E-state index contributed by atoms with van der Waals surface area (Å²) in [6, 6.07) is 1.93. The molecule has 3 heterocycles. The van der Waals surface area contributed by atoms with Crippen molar-refractivity contribution < 1.29 is 9.31 Å². The molecule has 0 unspecified atom stereocenters. The number of H-pyrrole nitrogens is 1. The lowest BCUT2D eigenvalue weighted by Gasteiger charge is -2.32. The van der Waals surface area contributed by atoms with Gasteiger partial charge in [0.25, 0.3) is 0 Å².